The maximum absolute atomic E-state index is 11.7. The number of carbonyl (C=O) groups is 1. The van der Waals surface area contributed by atoms with Gasteiger partial charge in [-0.15, -0.1) is 0 Å². The van der Waals surface area contributed by atoms with E-state index in [-0.39, 0.29) is 24.0 Å². The molecule has 0 fully saturated rings. The third-order valence-electron chi connectivity index (χ3n) is 1.83. The van der Waals surface area contributed by atoms with Crippen LogP contribution in [0.1, 0.15) is 19.9 Å². The van der Waals surface area contributed by atoms with E-state index in [0.29, 0.717) is 0 Å². The van der Waals surface area contributed by atoms with E-state index in [0.717, 1.165) is 0 Å². The molecule has 0 atom stereocenters. The van der Waals surface area contributed by atoms with E-state index in [4.69, 9.17) is 5.11 Å². The molecule has 1 aromatic heterocycles. The van der Waals surface area contributed by atoms with Gasteiger partial charge in [-0.25, -0.2) is 4.98 Å². The Labute approximate surface area is 86.6 Å². The highest BCUT2D eigenvalue weighted by molar-refractivity contribution is 5.72. The summed E-state index contributed by atoms with van der Waals surface area (Å²) in [6.45, 7) is 3.41. The number of hydrogen-bond donors (Lipinski definition) is 2. The zero-order valence-electron chi connectivity index (χ0n) is 8.60. The monoisotopic (exact) mass is 211 g/mol. The van der Waals surface area contributed by atoms with Gasteiger partial charge in [0.1, 0.15) is 6.54 Å². The van der Waals surface area contributed by atoms with Gasteiger partial charge in [0.25, 0.3) is 5.56 Å². The number of nitrogens with zero attached hydrogens (tertiary/aromatic N) is 2. The van der Waals surface area contributed by atoms with Crippen LogP contribution in [0.3, 0.4) is 0 Å². The minimum absolute atomic E-state index is 0.0193. The van der Waals surface area contributed by atoms with Gasteiger partial charge in [0, 0.05) is 18.4 Å². The molecule has 2 N–H and O–H groups in total. The number of rotatable bonds is 4. The second kappa shape index (κ2) is 4.59. The second-order valence-corrected chi connectivity index (χ2v) is 3.33. The van der Waals surface area contributed by atoms with E-state index in [1.165, 1.54) is 10.8 Å². The molecule has 6 nitrogen and oxygen atoms in total. The molecule has 0 aliphatic rings. The largest absolute Gasteiger partial charge is 0.480 e. The number of anilines is 1. The van der Waals surface area contributed by atoms with Crippen LogP contribution in [0.2, 0.25) is 0 Å². The van der Waals surface area contributed by atoms with E-state index in [1.807, 2.05) is 13.8 Å². The molecular weight excluding hydrogens is 198 g/mol. The van der Waals surface area contributed by atoms with Gasteiger partial charge >= 0.3 is 5.97 Å². The predicted octanol–water partition coefficient (Wildman–Crippen LogP) is 0.321. The summed E-state index contributed by atoms with van der Waals surface area (Å²) in [7, 11) is 0. The number of nitrogens with one attached hydrogen (secondary N) is 1. The zero-order chi connectivity index (χ0) is 11.4. The minimum atomic E-state index is -1.03. The molecule has 0 aromatic carbocycles. The first-order valence-corrected chi connectivity index (χ1v) is 4.55. The lowest BCUT2D eigenvalue weighted by atomic mass is 10.4. The van der Waals surface area contributed by atoms with Gasteiger partial charge in [-0.1, -0.05) is 0 Å². The van der Waals surface area contributed by atoms with Crippen molar-refractivity contribution in [1.29, 1.82) is 0 Å². The van der Waals surface area contributed by atoms with Crippen LogP contribution in [0.25, 0.3) is 0 Å². The molecule has 0 spiro atoms. The van der Waals surface area contributed by atoms with Crippen LogP contribution in [0.4, 0.5) is 5.82 Å². The Morgan fingerprint density at radius 1 is 1.67 bits per heavy atom. The number of carboxylic acids is 1. The standard InChI is InChI=1S/C9H13N3O3/c1-6(2)12-4-3-10-8(9(12)15)11-5-7(13)14/h3-4,6H,5H2,1-2H3,(H,10,11)(H,13,14). The summed E-state index contributed by atoms with van der Waals surface area (Å²) < 4.78 is 1.48. The van der Waals surface area contributed by atoms with E-state index < -0.39 is 5.97 Å². The second-order valence-electron chi connectivity index (χ2n) is 3.33. The van der Waals surface area contributed by atoms with Crippen molar-refractivity contribution in [2.24, 2.45) is 0 Å². The molecule has 0 saturated heterocycles. The molecule has 82 valence electrons. The third-order valence-corrected chi connectivity index (χ3v) is 1.83. The van der Waals surface area contributed by atoms with Crippen molar-refractivity contribution < 1.29 is 9.90 Å². The van der Waals surface area contributed by atoms with Crippen molar-refractivity contribution in [2.45, 2.75) is 19.9 Å². The maximum atomic E-state index is 11.7. The van der Waals surface area contributed by atoms with E-state index in [2.05, 4.69) is 10.3 Å². The average molecular weight is 211 g/mol. The van der Waals surface area contributed by atoms with Gasteiger partial charge in [0.15, 0.2) is 5.82 Å². The molecule has 0 saturated carbocycles. The van der Waals surface area contributed by atoms with Gasteiger partial charge in [0.05, 0.1) is 0 Å². The lowest BCUT2D eigenvalue weighted by Crippen LogP contribution is -2.27. The van der Waals surface area contributed by atoms with Gasteiger partial charge in [0.2, 0.25) is 0 Å². The first kappa shape index (κ1) is 11.2. The average Bonchev–Trinajstić information content (AvgIpc) is 2.15. The lowest BCUT2D eigenvalue weighted by Gasteiger charge is -2.10. The van der Waals surface area contributed by atoms with Crippen molar-refractivity contribution in [3.63, 3.8) is 0 Å². The molecule has 0 amide bonds. The molecule has 1 heterocycles. The van der Waals surface area contributed by atoms with Gasteiger partial charge in [-0.05, 0) is 13.8 Å². The molecule has 6 heteroatoms. The Morgan fingerprint density at radius 2 is 2.33 bits per heavy atom. The molecule has 0 unspecified atom stereocenters. The summed E-state index contributed by atoms with van der Waals surface area (Å²) in [4.78, 5) is 25.8. The minimum Gasteiger partial charge on any atom is -0.480 e. The molecule has 0 bridgehead atoms. The highest BCUT2D eigenvalue weighted by Gasteiger charge is 2.07. The topological polar surface area (TPSA) is 84.2 Å². The van der Waals surface area contributed by atoms with Crippen molar-refractivity contribution >= 4 is 11.8 Å². The van der Waals surface area contributed by atoms with Crippen molar-refractivity contribution in [3.05, 3.63) is 22.7 Å². The molecule has 1 rings (SSSR count). The fraction of sp³-hybridized carbons (Fsp3) is 0.444. The quantitative estimate of drug-likeness (QED) is 0.749. The summed E-state index contributed by atoms with van der Waals surface area (Å²) in [5.41, 5.74) is -0.311. The van der Waals surface area contributed by atoms with Gasteiger partial charge in [-0.2, -0.15) is 0 Å². The van der Waals surface area contributed by atoms with Crippen LogP contribution in [0.5, 0.6) is 0 Å². The summed E-state index contributed by atoms with van der Waals surface area (Å²) in [5, 5.41) is 10.9. The molecule has 0 aliphatic carbocycles. The van der Waals surface area contributed by atoms with Crippen molar-refractivity contribution in [2.75, 3.05) is 11.9 Å². The predicted molar refractivity (Wildman–Crippen MR) is 55.0 cm³/mol. The molecule has 0 aliphatic heterocycles. The Morgan fingerprint density at radius 3 is 2.87 bits per heavy atom. The summed E-state index contributed by atoms with van der Waals surface area (Å²) in [6.07, 6.45) is 3.03. The molecule has 15 heavy (non-hydrogen) atoms. The van der Waals surface area contributed by atoms with E-state index in [1.54, 1.807) is 6.20 Å². The van der Waals surface area contributed by atoms with Crippen molar-refractivity contribution in [1.82, 2.24) is 9.55 Å². The number of hydrogen-bond acceptors (Lipinski definition) is 4. The highest BCUT2D eigenvalue weighted by Crippen LogP contribution is 2.00. The highest BCUT2D eigenvalue weighted by atomic mass is 16.4. The molecule has 0 radical (unpaired) electrons. The SMILES string of the molecule is CC(C)n1ccnc(NCC(=O)O)c1=O. The first-order chi connectivity index (χ1) is 7.02. The zero-order valence-corrected chi connectivity index (χ0v) is 8.60. The fourth-order valence-electron chi connectivity index (χ4n) is 1.11. The van der Waals surface area contributed by atoms with E-state index >= 15 is 0 Å². The Balaban J connectivity index is 2.95. The molecular formula is C9H13N3O3. The summed E-state index contributed by atoms with van der Waals surface area (Å²) >= 11 is 0. The third kappa shape index (κ3) is 2.80. The van der Waals surface area contributed by atoms with Crippen LogP contribution in [0.15, 0.2) is 17.2 Å². The smallest absolute Gasteiger partial charge is 0.322 e. The Bertz CT molecular complexity index is 411. The van der Waals surface area contributed by atoms with Crippen LogP contribution in [0, 0.1) is 0 Å². The van der Waals surface area contributed by atoms with Crippen LogP contribution >= 0.6 is 0 Å². The Kier molecular flexibility index (Phi) is 3.43. The van der Waals surface area contributed by atoms with Gasteiger partial charge < -0.3 is 15.0 Å². The maximum Gasteiger partial charge on any atom is 0.322 e. The van der Waals surface area contributed by atoms with Crippen molar-refractivity contribution in [3.8, 4) is 0 Å². The van der Waals surface area contributed by atoms with Gasteiger partial charge in [-0.3, -0.25) is 9.59 Å². The van der Waals surface area contributed by atoms with Crippen LogP contribution < -0.4 is 10.9 Å². The summed E-state index contributed by atoms with van der Waals surface area (Å²) in [5.74, 6) is -0.968. The lowest BCUT2D eigenvalue weighted by molar-refractivity contribution is -0.134. The number of aromatic nitrogens is 2. The normalized spacial score (nSPS) is 10.3. The van der Waals surface area contributed by atoms with Crippen LogP contribution in [-0.4, -0.2) is 27.2 Å². The van der Waals surface area contributed by atoms with Crippen LogP contribution in [-0.2, 0) is 4.79 Å². The van der Waals surface area contributed by atoms with E-state index in [9.17, 15) is 9.59 Å². The first-order valence-electron chi connectivity index (χ1n) is 4.55. The number of carboxylic acid groups (broad SMARTS) is 1. The summed E-state index contributed by atoms with van der Waals surface area (Å²) in [6, 6.07) is 0.0193. The Hall–Kier alpha value is -1.85. The fourth-order valence-corrected chi connectivity index (χ4v) is 1.11. The number of aliphatic carboxylic acids is 1. The molecule has 1 aromatic rings.